The third-order valence-electron chi connectivity index (χ3n) is 3.30. The van der Waals surface area contributed by atoms with E-state index in [0.29, 0.717) is 23.0 Å². The summed E-state index contributed by atoms with van der Waals surface area (Å²) in [6.45, 7) is 1.92. The molecule has 0 unspecified atom stereocenters. The number of urea groups is 1. The molecule has 128 valence electrons. The maximum Gasteiger partial charge on any atom is 0.325 e. The second-order valence-corrected chi connectivity index (χ2v) is 6.35. The molecule has 6 nitrogen and oxygen atoms in total. The second kappa shape index (κ2) is 7.76. The Hall–Kier alpha value is -2.93. The number of thiazole rings is 1. The van der Waals surface area contributed by atoms with Crippen LogP contribution in [0.2, 0.25) is 0 Å². The molecule has 0 aliphatic rings. The van der Waals surface area contributed by atoms with Crippen molar-refractivity contribution >= 4 is 44.4 Å². The van der Waals surface area contributed by atoms with Crippen LogP contribution >= 0.6 is 11.3 Å². The van der Waals surface area contributed by atoms with Gasteiger partial charge in [0.25, 0.3) is 0 Å². The molecule has 0 saturated heterocycles. The van der Waals surface area contributed by atoms with Crippen molar-refractivity contribution in [3.8, 4) is 5.75 Å². The van der Waals surface area contributed by atoms with Gasteiger partial charge >= 0.3 is 12.0 Å². The Morgan fingerprint density at radius 1 is 1.12 bits per heavy atom. The van der Waals surface area contributed by atoms with E-state index < -0.39 is 0 Å². The number of aromatic nitrogens is 1. The normalized spacial score (nSPS) is 10.4. The summed E-state index contributed by atoms with van der Waals surface area (Å²) >= 11 is 1.32. The Kier molecular flexibility index (Phi) is 5.25. The third-order valence-corrected chi connectivity index (χ3v) is 4.23. The molecule has 7 heteroatoms. The molecule has 3 aromatic rings. The monoisotopic (exact) mass is 355 g/mol. The lowest BCUT2D eigenvalue weighted by molar-refractivity contribution is -0.134. The molecule has 0 aliphatic carbocycles. The lowest BCUT2D eigenvalue weighted by Crippen LogP contribution is -2.19. The summed E-state index contributed by atoms with van der Waals surface area (Å²) in [5.74, 6) is 0.224. The van der Waals surface area contributed by atoms with Gasteiger partial charge in [-0.2, -0.15) is 0 Å². The third kappa shape index (κ3) is 4.54. The van der Waals surface area contributed by atoms with Gasteiger partial charge in [0.15, 0.2) is 5.13 Å². The van der Waals surface area contributed by atoms with Crippen molar-refractivity contribution < 1.29 is 14.3 Å². The number of benzene rings is 2. The van der Waals surface area contributed by atoms with Crippen LogP contribution in [0.4, 0.5) is 15.6 Å². The number of rotatable bonds is 5. The molecular formula is C18H17N3O3S. The maximum atomic E-state index is 12.0. The van der Waals surface area contributed by atoms with Gasteiger partial charge in [0.05, 0.1) is 10.2 Å². The summed E-state index contributed by atoms with van der Waals surface area (Å²) in [6.07, 6.45) is 1.12. The van der Waals surface area contributed by atoms with Crippen LogP contribution in [0.15, 0.2) is 48.5 Å². The molecule has 2 amide bonds. The molecule has 2 N–H and O–H groups in total. The fourth-order valence-corrected chi connectivity index (χ4v) is 3.08. The number of para-hydroxylation sites is 1. The predicted molar refractivity (Wildman–Crippen MR) is 99.2 cm³/mol. The largest absolute Gasteiger partial charge is 0.426 e. The molecule has 0 radical (unpaired) electrons. The molecule has 0 saturated carbocycles. The molecule has 0 bridgehead atoms. The predicted octanol–water partition coefficient (Wildman–Crippen LogP) is 4.65. The minimum Gasteiger partial charge on any atom is -0.426 e. The fourth-order valence-electron chi connectivity index (χ4n) is 2.19. The zero-order chi connectivity index (χ0) is 17.6. The standard InChI is InChI=1S/C18H17N3O3S/c1-2-6-16(22)24-13-9-10-14-15(11-13)25-18(20-14)21-17(23)19-12-7-4-3-5-8-12/h3-5,7-11H,2,6H2,1H3,(H2,19,20,21,23). The summed E-state index contributed by atoms with van der Waals surface area (Å²) in [4.78, 5) is 27.9. The van der Waals surface area contributed by atoms with Crippen LogP contribution in [0.3, 0.4) is 0 Å². The smallest absolute Gasteiger partial charge is 0.325 e. The van der Waals surface area contributed by atoms with Crippen molar-refractivity contribution in [1.82, 2.24) is 4.98 Å². The number of hydrogen-bond donors (Lipinski definition) is 2. The summed E-state index contributed by atoms with van der Waals surface area (Å²) in [5, 5.41) is 5.92. The number of ether oxygens (including phenoxy) is 1. The molecule has 1 aromatic heterocycles. The van der Waals surface area contributed by atoms with Gasteiger partial charge in [0.1, 0.15) is 5.75 Å². The Balaban J connectivity index is 1.68. The number of hydrogen-bond acceptors (Lipinski definition) is 5. The van der Waals surface area contributed by atoms with Crippen molar-refractivity contribution in [3.63, 3.8) is 0 Å². The highest BCUT2D eigenvalue weighted by molar-refractivity contribution is 7.22. The topological polar surface area (TPSA) is 80.3 Å². The van der Waals surface area contributed by atoms with Gasteiger partial charge in [-0.3, -0.25) is 10.1 Å². The Labute approximate surface area is 148 Å². The van der Waals surface area contributed by atoms with E-state index in [0.717, 1.165) is 16.6 Å². The van der Waals surface area contributed by atoms with Crippen LogP contribution in [0, 0.1) is 0 Å². The van der Waals surface area contributed by atoms with E-state index in [1.165, 1.54) is 11.3 Å². The van der Waals surface area contributed by atoms with E-state index >= 15 is 0 Å². The summed E-state index contributed by atoms with van der Waals surface area (Å²) in [6, 6.07) is 14.0. The zero-order valence-corrected chi connectivity index (χ0v) is 14.4. The first-order valence-electron chi connectivity index (χ1n) is 7.88. The van der Waals surface area contributed by atoms with Gasteiger partial charge in [-0.25, -0.2) is 9.78 Å². The SMILES string of the molecule is CCCC(=O)Oc1ccc2nc(NC(=O)Nc3ccccc3)sc2c1. The number of esters is 1. The molecule has 2 aromatic carbocycles. The van der Waals surface area contributed by atoms with Crippen molar-refractivity contribution in [1.29, 1.82) is 0 Å². The van der Waals surface area contributed by atoms with Gasteiger partial charge in [-0.05, 0) is 30.7 Å². The van der Waals surface area contributed by atoms with Crippen molar-refractivity contribution in [2.75, 3.05) is 10.6 Å². The van der Waals surface area contributed by atoms with Crippen molar-refractivity contribution in [3.05, 3.63) is 48.5 Å². The molecule has 25 heavy (non-hydrogen) atoms. The number of anilines is 2. The van der Waals surface area contributed by atoms with Crippen LogP contribution in [0.1, 0.15) is 19.8 Å². The van der Waals surface area contributed by atoms with Gasteiger partial charge in [-0.15, -0.1) is 0 Å². The number of nitrogens with zero attached hydrogens (tertiary/aromatic N) is 1. The Morgan fingerprint density at radius 3 is 2.68 bits per heavy atom. The van der Waals surface area contributed by atoms with Crippen LogP contribution in [-0.2, 0) is 4.79 Å². The quantitative estimate of drug-likeness (QED) is 0.516. The van der Waals surface area contributed by atoms with Crippen LogP contribution < -0.4 is 15.4 Å². The van der Waals surface area contributed by atoms with Crippen molar-refractivity contribution in [2.24, 2.45) is 0 Å². The van der Waals surface area contributed by atoms with Crippen LogP contribution in [-0.4, -0.2) is 17.0 Å². The van der Waals surface area contributed by atoms with Crippen LogP contribution in [0.25, 0.3) is 10.2 Å². The molecule has 0 atom stereocenters. The number of nitrogens with one attached hydrogen (secondary N) is 2. The minimum atomic E-state index is -0.361. The highest BCUT2D eigenvalue weighted by atomic mass is 32.1. The highest BCUT2D eigenvalue weighted by Crippen LogP contribution is 2.29. The lowest BCUT2D eigenvalue weighted by Gasteiger charge is -2.04. The first-order valence-corrected chi connectivity index (χ1v) is 8.70. The average Bonchev–Trinajstić information content (AvgIpc) is 2.97. The van der Waals surface area contributed by atoms with E-state index in [-0.39, 0.29) is 12.0 Å². The van der Waals surface area contributed by atoms with E-state index in [9.17, 15) is 9.59 Å². The van der Waals surface area contributed by atoms with E-state index in [1.807, 2.05) is 25.1 Å². The first-order chi connectivity index (χ1) is 12.1. The van der Waals surface area contributed by atoms with E-state index in [4.69, 9.17) is 4.74 Å². The van der Waals surface area contributed by atoms with E-state index in [2.05, 4.69) is 15.6 Å². The zero-order valence-electron chi connectivity index (χ0n) is 13.6. The number of carbonyl (C=O) groups is 2. The summed E-state index contributed by atoms with van der Waals surface area (Å²) in [7, 11) is 0. The second-order valence-electron chi connectivity index (χ2n) is 5.32. The molecule has 3 rings (SSSR count). The summed E-state index contributed by atoms with van der Waals surface area (Å²) in [5.41, 5.74) is 1.43. The first kappa shape index (κ1) is 16.9. The minimum absolute atomic E-state index is 0.257. The molecule has 0 spiro atoms. The maximum absolute atomic E-state index is 12.0. The fraction of sp³-hybridized carbons (Fsp3) is 0.167. The Morgan fingerprint density at radius 2 is 1.92 bits per heavy atom. The van der Waals surface area contributed by atoms with Gasteiger partial charge in [-0.1, -0.05) is 36.5 Å². The van der Waals surface area contributed by atoms with Crippen LogP contribution in [0.5, 0.6) is 5.75 Å². The summed E-state index contributed by atoms with van der Waals surface area (Å²) < 4.78 is 6.10. The highest BCUT2D eigenvalue weighted by Gasteiger charge is 2.10. The average molecular weight is 355 g/mol. The van der Waals surface area contributed by atoms with E-state index in [1.54, 1.807) is 30.3 Å². The molecule has 0 fully saturated rings. The van der Waals surface area contributed by atoms with Gasteiger partial charge in [0, 0.05) is 18.2 Å². The number of fused-ring (bicyclic) bond motifs is 1. The Bertz CT molecular complexity index is 893. The number of amides is 2. The lowest BCUT2D eigenvalue weighted by atomic mass is 10.3. The molecular weight excluding hydrogens is 338 g/mol. The van der Waals surface area contributed by atoms with Crippen molar-refractivity contribution in [2.45, 2.75) is 19.8 Å². The molecule has 0 aliphatic heterocycles. The van der Waals surface area contributed by atoms with Gasteiger partial charge < -0.3 is 10.1 Å². The van der Waals surface area contributed by atoms with Gasteiger partial charge in [0.2, 0.25) is 0 Å². The number of carbonyl (C=O) groups excluding carboxylic acids is 2. The molecule has 1 heterocycles.